The molecule has 0 saturated heterocycles. The Bertz CT molecular complexity index is 794. The second-order valence-corrected chi connectivity index (χ2v) is 5.66. The number of aromatic nitrogens is 1. The second-order valence-electron chi connectivity index (χ2n) is 5.66. The molecular formula is C18H19N5O2. The Kier molecular flexibility index (Phi) is 6.20. The fourth-order valence-corrected chi connectivity index (χ4v) is 2.01. The Morgan fingerprint density at radius 1 is 1.12 bits per heavy atom. The quantitative estimate of drug-likeness (QED) is 0.832. The van der Waals surface area contributed by atoms with Gasteiger partial charge in [-0.25, -0.2) is 0 Å². The molecule has 0 unspecified atom stereocenters. The largest absolute Gasteiger partial charge is 0.351 e. The first kappa shape index (κ1) is 18.1. The number of rotatable bonds is 6. The molecule has 0 spiro atoms. The third-order valence-electron chi connectivity index (χ3n) is 3.38. The van der Waals surface area contributed by atoms with Gasteiger partial charge in [0.25, 0.3) is 11.8 Å². The standard InChI is InChI=1S/C18H19N5O2/c1-23(2)8-7-21-17(24)14-9-15(12-20-11-14)18(25)22-16-5-3-13(10-19)4-6-16/h3-6,9,11-12H,7-8H2,1-2H3,(H,21,24)(H,22,25). The predicted octanol–water partition coefficient (Wildman–Crippen LogP) is 1.50. The summed E-state index contributed by atoms with van der Waals surface area (Å²) in [6.07, 6.45) is 2.82. The second kappa shape index (κ2) is 8.57. The molecule has 0 aliphatic carbocycles. The highest BCUT2D eigenvalue weighted by atomic mass is 16.2. The van der Waals surface area contributed by atoms with Gasteiger partial charge in [0.1, 0.15) is 0 Å². The average molecular weight is 337 g/mol. The van der Waals surface area contributed by atoms with Crippen LogP contribution in [0, 0.1) is 11.3 Å². The highest BCUT2D eigenvalue weighted by Gasteiger charge is 2.11. The SMILES string of the molecule is CN(C)CCNC(=O)c1cncc(C(=O)Nc2ccc(C#N)cc2)c1. The third kappa shape index (κ3) is 5.41. The van der Waals surface area contributed by atoms with Crippen molar-refractivity contribution in [2.45, 2.75) is 0 Å². The lowest BCUT2D eigenvalue weighted by molar-refractivity contribution is 0.0950. The molecule has 7 nitrogen and oxygen atoms in total. The highest BCUT2D eigenvalue weighted by molar-refractivity contribution is 6.05. The van der Waals surface area contributed by atoms with Crippen LogP contribution in [0.3, 0.4) is 0 Å². The molecule has 25 heavy (non-hydrogen) atoms. The van der Waals surface area contributed by atoms with Gasteiger partial charge in [0.05, 0.1) is 22.8 Å². The molecule has 0 aliphatic heterocycles. The first-order chi connectivity index (χ1) is 12.0. The summed E-state index contributed by atoms with van der Waals surface area (Å²) in [7, 11) is 3.84. The normalized spacial score (nSPS) is 10.2. The van der Waals surface area contributed by atoms with E-state index in [0.717, 1.165) is 6.54 Å². The number of benzene rings is 1. The van der Waals surface area contributed by atoms with Gasteiger partial charge in [-0.2, -0.15) is 5.26 Å². The van der Waals surface area contributed by atoms with Crippen molar-refractivity contribution < 1.29 is 9.59 Å². The zero-order chi connectivity index (χ0) is 18.2. The molecule has 0 bridgehead atoms. The number of likely N-dealkylation sites (N-methyl/N-ethyl adjacent to an activating group) is 1. The summed E-state index contributed by atoms with van der Waals surface area (Å²) >= 11 is 0. The zero-order valence-corrected chi connectivity index (χ0v) is 14.1. The van der Waals surface area contributed by atoms with Crippen molar-refractivity contribution in [2.24, 2.45) is 0 Å². The summed E-state index contributed by atoms with van der Waals surface area (Å²) in [5, 5.41) is 14.3. The van der Waals surface area contributed by atoms with E-state index in [-0.39, 0.29) is 17.4 Å². The van der Waals surface area contributed by atoms with Gasteiger partial charge in [-0.1, -0.05) is 0 Å². The van der Waals surface area contributed by atoms with Crippen LogP contribution in [0.1, 0.15) is 26.3 Å². The third-order valence-corrected chi connectivity index (χ3v) is 3.38. The molecular weight excluding hydrogens is 318 g/mol. The van der Waals surface area contributed by atoms with Crippen LogP contribution in [0.15, 0.2) is 42.7 Å². The van der Waals surface area contributed by atoms with Crippen molar-refractivity contribution in [1.82, 2.24) is 15.2 Å². The van der Waals surface area contributed by atoms with Gasteiger partial charge in [-0.15, -0.1) is 0 Å². The first-order valence-corrected chi connectivity index (χ1v) is 7.69. The summed E-state index contributed by atoms with van der Waals surface area (Å²) in [4.78, 5) is 30.3. The van der Waals surface area contributed by atoms with E-state index in [2.05, 4.69) is 15.6 Å². The fraction of sp³-hybridized carbons (Fsp3) is 0.222. The van der Waals surface area contributed by atoms with Gasteiger partial charge < -0.3 is 15.5 Å². The lowest BCUT2D eigenvalue weighted by Crippen LogP contribution is -2.31. The summed E-state index contributed by atoms with van der Waals surface area (Å²) in [6.45, 7) is 1.23. The summed E-state index contributed by atoms with van der Waals surface area (Å²) in [5.74, 6) is -0.650. The summed E-state index contributed by atoms with van der Waals surface area (Å²) in [6, 6.07) is 10.0. The maximum atomic E-state index is 12.3. The molecule has 0 radical (unpaired) electrons. The van der Waals surface area contributed by atoms with E-state index in [1.807, 2.05) is 25.1 Å². The van der Waals surface area contributed by atoms with Gasteiger partial charge >= 0.3 is 0 Å². The minimum absolute atomic E-state index is 0.276. The predicted molar refractivity (Wildman–Crippen MR) is 94.2 cm³/mol. The van der Waals surface area contributed by atoms with E-state index in [4.69, 9.17) is 5.26 Å². The Hall–Kier alpha value is -3.24. The Morgan fingerprint density at radius 3 is 2.36 bits per heavy atom. The molecule has 128 valence electrons. The minimum Gasteiger partial charge on any atom is -0.351 e. The van der Waals surface area contributed by atoms with E-state index in [1.165, 1.54) is 18.5 Å². The molecule has 1 aromatic heterocycles. The molecule has 0 aliphatic rings. The lowest BCUT2D eigenvalue weighted by Gasteiger charge is -2.11. The Balaban J connectivity index is 2.02. The van der Waals surface area contributed by atoms with Crippen LogP contribution in [0.5, 0.6) is 0 Å². The van der Waals surface area contributed by atoms with Gasteiger partial charge in [-0.3, -0.25) is 14.6 Å². The molecule has 2 aromatic rings. The van der Waals surface area contributed by atoms with E-state index >= 15 is 0 Å². The van der Waals surface area contributed by atoms with E-state index < -0.39 is 0 Å². The molecule has 2 N–H and O–H groups in total. The average Bonchev–Trinajstić information content (AvgIpc) is 2.62. The molecule has 2 rings (SSSR count). The molecule has 1 aromatic carbocycles. The van der Waals surface area contributed by atoms with Crippen molar-refractivity contribution in [3.05, 3.63) is 59.4 Å². The van der Waals surface area contributed by atoms with E-state index in [9.17, 15) is 9.59 Å². The van der Waals surface area contributed by atoms with Gasteiger partial charge in [0.2, 0.25) is 0 Å². The molecule has 1 heterocycles. The number of anilines is 1. The number of hydrogen-bond acceptors (Lipinski definition) is 5. The van der Waals surface area contributed by atoms with Crippen LogP contribution < -0.4 is 10.6 Å². The monoisotopic (exact) mass is 337 g/mol. The van der Waals surface area contributed by atoms with Crippen LogP contribution in [-0.4, -0.2) is 48.9 Å². The zero-order valence-electron chi connectivity index (χ0n) is 14.1. The molecule has 7 heteroatoms. The number of amides is 2. The number of hydrogen-bond donors (Lipinski definition) is 2. The molecule has 0 saturated carbocycles. The lowest BCUT2D eigenvalue weighted by atomic mass is 10.1. The Labute approximate surface area is 146 Å². The summed E-state index contributed by atoms with van der Waals surface area (Å²) < 4.78 is 0. The molecule has 2 amide bonds. The van der Waals surface area contributed by atoms with Gasteiger partial charge in [0, 0.05) is 31.2 Å². The number of nitriles is 1. The minimum atomic E-state index is -0.375. The van der Waals surface area contributed by atoms with Crippen molar-refractivity contribution in [3.8, 4) is 6.07 Å². The van der Waals surface area contributed by atoms with Crippen molar-refractivity contribution in [1.29, 1.82) is 5.26 Å². The van der Waals surface area contributed by atoms with Gasteiger partial charge in [-0.05, 0) is 44.4 Å². The Morgan fingerprint density at radius 2 is 1.76 bits per heavy atom. The number of pyridine rings is 1. The van der Waals surface area contributed by atoms with Crippen LogP contribution >= 0.6 is 0 Å². The first-order valence-electron chi connectivity index (χ1n) is 7.69. The van der Waals surface area contributed by atoms with E-state index in [1.54, 1.807) is 24.3 Å². The smallest absolute Gasteiger partial charge is 0.257 e. The van der Waals surface area contributed by atoms with Crippen LogP contribution in [-0.2, 0) is 0 Å². The molecule has 0 fully saturated rings. The maximum absolute atomic E-state index is 12.3. The number of carbonyl (C=O) groups excluding carboxylic acids is 2. The van der Waals surface area contributed by atoms with Crippen LogP contribution in [0.25, 0.3) is 0 Å². The van der Waals surface area contributed by atoms with Crippen molar-refractivity contribution in [3.63, 3.8) is 0 Å². The fourth-order valence-electron chi connectivity index (χ4n) is 2.01. The highest BCUT2D eigenvalue weighted by Crippen LogP contribution is 2.11. The molecule has 0 atom stereocenters. The van der Waals surface area contributed by atoms with Crippen LogP contribution in [0.4, 0.5) is 5.69 Å². The number of carbonyl (C=O) groups is 2. The van der Waals surface area contributed by atoms with Gasteiger partial charge in [0.15, 0.2) is 0 Å². The maximum Gasteiger partial charge on any atom is 0.257 e. The van der Waals surface area contributed by atoms with Crippen LogP contribution in [0.2, 0.25) is 0 Å². The van der Waals surface area contributed by atoms with Crippen molar-refractivity contribution >= 4 is 17.5 Å². The summed E-state index contributed by atoms with van der Waals surface area (Å²) in [5.41, 5.74) is 1.68. The number of nitrogens with zero attached hydrogens (tertiary/aromatic N) is 3. The van der Waals surface area contributed by atoms with E-state index in [0.29, 0.717) is 23.4 Å². The van der Waals surface area contributed by atoms with Crippen molar-refractivity contribution in [2.75, 3.05) is 32.5 Å². The topological polar surface area (TPSA) is 98.1 Å². The number of nitrogens with one attached hydrogen (secondary N) is 2.